The van der Waals surface area contributed by atoms with Crippen molar-refractivity contribution in [1.82, 2.24) is 29.3 Å². The second-order valence-electron chi connectivity index (χ2n) is 9.70. The Morgan fingerprint density at radius 3 is 1.32 bits per heavy atom. The van der Waals surface area contributed by atoms with Gasteiger partial charge in [-0.3, -0.25) is 9.44 Å². The topological polar surface area (TPSA) is 192 Å². The summed E-state index contributed by atoms with van der Waals surface area (Å²) in [5, 5.41) is 12.4. The summed E-state index contributed by atoms with van der Waals surface area (Å²) in [4.78, 5) is 6.33. The normalized spacial score (nSPS) is 11.0. The zero-order chi connectivity index (χ0) is 35.2. The summed E-state index contributed by atoms with van der Waals surface area (Å²) in [5.41, 5.74) is 0.710. The van der Waals surface area contributed by atoms with E-state index in [-0.39, 0.29) is 45.1 Å². The van der Waals surface area contributed by atoms with E-state index in [1.54, 1.807) is 0 Å². The smallest absolute Gasteiger partial charge is 0.266 e. The van der Waals surface area contributed by atoms with Gasteiger partial charge in [-0.05, 0) is 77.1 Å². The van der Waals surface area contributed by atoms with Crippen LogP contribution in [-0.4, -0.2) is 75.8 Å². The predicted molar refractivity (Wildman–Crippen MR) is 202 cm³/mol. The molecule has 14 nitrogen and oxygen atoms in total. The highest BCUT2D eigenvalue weighted by molar-refractivity contribution is 7.93. The average molecular weight is 861 g/mol. The number of benzene rings is 2. The summed E-state index contributed by atoms with van der Waals surface area (Å²) in [6.07, 6.45) is 6.07. The van der Waals surface area contributed by atoms with Gasteiger partial charge in [0, 0.05) is 36.2 Å². The lowest BCUT2D eigenvalue weighted by molar-refractivity contribution is 0.568. The molecule has 0 atom stereocenters. The number of halogens is 6. The van der Waals surface area contributed by atoms with E-state index in [1.165, 1.54) is 12.7 Å². The number of nitrogens with one attached hydrogen (secondary N) is 6. The summed E-state index contributed by atoms with van der Waals surface area (Å²) >= 11 is 13.8. The van der Waals surface area contributed by atoms with Crippen LogP contribution >= 0.6 is 71.1 Å². The van der Waals surface area contributed by atoms with Crippen LogP contribution in [0.4, 0.5) is 30.4 Å². The second kappa shape index (κ2) is 22.5. The van der Waals surface area contributed by atoms with Crippen LogP contribution < -0.4 is 30.7 Å². The van der Waals surface area contributed by atoms with Crippen molar-refractivity contribution in [3.63, 3.8) is 0 Å². The van der Waals surface area contributed by atoms with Crippen molar-refractivity contribution >= 4 is 113 Å². The molecule has 0 bridgehead atoms. The van der Waals surface area contributed by atoms with Crippen molar-refractivity contribution in [3.8, 4) is 0 Å². The van der Waals surface area contributed by atoms with E-state index in [1.807, 2.05) is 14.1 Å². The Hall–Kier alpha value is -2.40. The molecule has 0 radical (unpaired) electrons. The Bertz CT molecular complexity index is 1680. The van der Waals surface area contributed by atoms with E-state index in [0.717, 1.165) is 86.1 Å². The fourth-order valence-electron chi connectivity index (χ4n) is 3.82. The lowest BCUT2D eigenvalue weighted by Crippen LogP contribution is -2.15. The van der Waals surface area contributed by atoms with E-state index in [0.29, 0.717) is 24.5 Å². The van der Waals surface area contributed by atoms with E-state index in [4.69, 9.17) is 23.2 Å². The molecule has 24 heteroatoms. The number of hydrogen-bond acceptors (Lipinski definition) is 14. The third kappa shape index (κ3) is 14.3. The molecule has 4 rings (SSSR count). The number of aromatic nitrogens is 4. The first-order valence-electron chi connectivity index (χ1n) is 14.2. The Balaban J connectivity index is 0.000000481. The summed E-state index contributed by atoms with van der Waals surface area (Å²) < 4.78 is 89.0. The molecule has 280 valence electrons. The van der Waals surface area contributed by atoms with Crippen LogP contribution in [0.3, 0.4) is 0 Å². The van der Waals surface area contributed by atoms with E-state index in [2.05, 4.69) is 49.4 Å². The quantitative estimate of drug-likeness (QED) is 0.0648. The monoisotopic (exact) mass is 858 g/mol. The molecule has 0 spiro atoms. The van der Waals surface area contributed by atoms with E-state index in [9.17, 15) is 25.6 Å². The molecule has 0 fully saturated rings. The van der Waals surface area contributed by atoms with Gasteiger partial charge in [-0.2, -0.15) is 8.75 Å². The third-order valence-corrected chi connectivity index (χ3v) is 10.9. The molecule has 4 aromatic rings. The van der Waals surface area contributed by atoms with Crippen LogP contribution in [0.15, 0.2) is 46.7 Å². The molecule has 0 aliphatic rings. The van der Waals surface area contributed by atoms with Gasteiger partial charge in [0.1, 0.15) is 34.1 Å². The number of nitrogens with zero attached hydrogens (tertiary/aromatic N) is 4. The lowest BCUT2D eigenvalue weighted by atomic mass is 10.2. The summed E-state index contributed by atoms with van der Waals surface area (Å²) in [5.74, 6) is -1.79. The largest absolute Gasteiger partial charge is 0.384 e. The number of anilines is 4. The standard InChI is InChI=1S/2C13H17ClFN5O2S2.2ClH/c2*1-16-4-2-3-5-17-11-7-10(15)12(6-9(11)14)24(21,22)20-13-18-8-19-23-13;;/h2*6-8,16-17H,2-5H2,1H3,(H,18,19,20);2*1H. The Kier molecular flexibility index (Phi) is 20.5. The first-order valence-corrected chi connectivity index (χ1v) is 19.5. The van der Waals surface area contributed by atoms with Gasteiger partial charge < -0.3 is 21.3 Å². The summed E-state index contributed by atoms with van der Waals surface area (Å²) in [7, 11) is -4.51. The predicted octanol–water partition coefficient (Wildman–Crippen LogP) is 5.93. The zero-order valence-corrected chi connectivity index (χ0v) is 32.9. The van der Waals surface area contributed by atoms with Crippen LogP contribution in [0, 0.1) is 11.6 Å². The molecule has 2 aromatic carbocycles. The molecule has 0 saturated heterocycles. The Labute approximate surface area is 320 Å². The van der Waals surface area contributed by atoms with Crippen LogP contribution in [0.5, 0.6) is 0 Å². The van der Waals surface area contributed by atoms with E-state index >= 15 is 0 Å². The second-order valence-corrected chi connectivity index (χ2v) is 15.4. The number of unbranched alkanes of at least 4 members (excludes halogenated alkanes) is 2. The highest BCUT2D eigenvalue weighted by atomic mass is 35.5. The molecule has 0 aliphatic heterocycles. The van der Waals surface area contributed by atoms with Crippen molar-refractivity contribution in [2.24, 2.45) is 0 Å². The van der Waals surface area contributed by atoms with Crippen molar-refractivity contribution < 1.29 is 25.6 Å². The Morgan fingerprint density at radius 1 is 0.640 bits per heavy atom. The van der Waals surface area contributed by atoms with Gasteiger partial charge in [0.05, 0.1) is 21.4 Å². The summed E-state index contributed by atoms with van der Waals surface area (Å²) in [6, 6.07) is 4.32. The molecule has 0 saturated carbocycles. The van der Waals surface area contributed by atoms with Gasteiger partial charge in [-0.1, -0.05) is 23.2 Å². The molecule has 2 heterocycles. The third-order valence-electron chi connectivity index (χ3n) is 6.13. The van der Waals surface area contributed by atoms with Gasteiger partial charge >= 0.3 is 0 Å². The Morgan fingerprint density at radius 2 is 1.00 bits per heavy atom. The molecule has 0 unspecified atom stereocenters. The molecule has 2 aromatic heterocycles. The fraction of sp³-hybridized carbons (Fsp3) is 0.385. The van der Waals surface area contributed by atoms with Gasteiger partial charge in [0.2, 0.25) is 10.3 Å². The molecule has 0 amide bonds. The highest BCUT2D eigenvalue weighted by Crippen LogP contribution is 2.30. The van der Waals surface area contributed by atoms with Gasteiger partial charge in [-0.25, -0.2) is 35.6 Å². The van der Waals surface area contributed by atoms with Crippen molar-refractivity contribution in [2.45, 2.75) is 35.5 Å². The number of rotatable bonds is 18. The minimum atomic E-state index is -4.12. The molecule has 50 heavy (non-hydrogen) atoms. The molecular formula is C26H36Cl4F2N10O4S4. The molecule has 0 aliphatic carbocycles. The fourth-order valence-corrected chi connectivity index (χ4v) is 7.90. The van der Waals surface area contributed by atoms with Crippen LogP contribution in [0.2, 0.25) is 10.0 Å². The number of hydrogen-bond donors (Lipinski definition) is 6. The average Bonchev–Trinajstić information content (AvgIpc) is 3.74. The number of sulfonamides is 2. The first kappa shape index (κ1) is 45.6. The zero-order valence-electron chi connectivity index (χ0n) is 26.5. The first-order chi connectivity index (χ1) is 22.9. The van der Waals surface area contributed by atoms with E-state index < -0.39 is 41.5 Å². The van der Waals surface area contributed by atoms with Crippen LogP contribution in [0.1, 0.15) is 25.7 Å². The highest BCUT2D eigenvalue weighted by Gasteiger charge is 2.24. The van der Waals surface area contributed by atoms with Crippen molar-refractivity contribution in [1.29, 1.82) is 0 Å². The van der Waals surface area contributed by atoms with Crippen molar-refractivity contribution in [2.75, 3.05) is 60.4 Å². The maximum absolute atomic E-state index is 14.2. The lowest BCUT2D eigenvalue weighted by Gasteiger charge is -2.12. The molecule has 6 N–H and O–H groups in total. The minimum Gasteiger partial charge on any atom is -0.384 e. The summed E-state index contributed by atoms with van der Waals surface area (Å²) in [6.45, 7) is 2.99. The maximum Gasteiger partial charge on any atom is 0.266 e. The minimum absolute atomic E-state index is 0. The van der Waals surface area contributed by atoms with Gasteiger partial charge in [0.25, 0.3) is 20.0 Å². The van der Waals surface area contributed by atoms with Gasteiger partial charge in [0.15, 0.2) is 0 Å². The molecular weight excluding hydrogens is 824 g/mol. The van der Waals surface area contributed by atoms with Crippen LogP contribution in [0.25, 0.3) is 0 Å². The van der Waals surface area contributed by atoms with Crippen LogP contribution in [-0.2, 0) is 20.0 Å². The van der Waals surface area contributed by atoms with Gasteiger partial charge in [-0.15, -0.1) is 24.8 Å². The van der Waals surface area contributed by atoms with Crippen molar-refractivity contribution in [3.05, 3.63) is 58.6 Å². The SMILES string of the molecule is CNCCCCNc1cc(F)c(S(=O)(=O)Nc2ncns2)cc1Cl.CNCCCCNc1cc(F)c(S(=O)(=O)Nc2ncns2)cc1Cl.Cl.Cl. The maximum atomic E-state index is 14.2.